The number of piperidine rings is 1. The van der Waals surface area contributed by atoms with Crippen LogP contribution in [0.3, 0.4) is 0 Å². The van der Waals surface area contributed by atoms with Crippen molar-refractivity contribution in [3.05, 3.63) is 65.2 Å². The number of aliphatic hydroxyl groups excluding tert-OH is 1. The minimum Gasteiger partial charge on any atom is -0.490 e. The first-order valence-corrected chi connectivity index (χ1v) is 34.1. The zero-order valence-corrected chi connectivity index (χ0v) is 61.4. The summed E-state index contributed by atoms with van der Waals surface area (Å²) in [6.45, 7) is 20.6. The molecule has 26 nitrogen and oxygen atoms in total. The van der Waals surface area contributed by atoms with Crippen molar-refractivity contribution in [1.82, 2.24) is 55.1 Å². The van der Waals surface area contributed by atoms with Crippen molar-refractivity contribution < 1.29 is 67.4 Å². The van der Waals surface area contributed by atoms with Crippen LogP contribution in [0.4, 0.5) is 4.79 Å². The van der Waals surface area contributed by atoms with E-state index in [1.807, 2.05) is 27.7 Å². The minimum atomic E-state index is -1.79. The van der Waals surface area contributed by atoms with Crippen LogP contribution in [0.15, 0.2) is 54.6 Å². The van der Waals surface area contributed by atoms with E-state index in [-0.39, 0.29) is 55.8 Å². The number of amides is 12. The molecule has 1 fully saturated rings. The zero-order valence-electron chi connectivity index (χ0n) is 60.6. The average Bonchev–Trinajstić information content (AvgIpc) is 0.822. The molecule has 1 heterocycles. The molecule has 12 amide bonds. The number of likely N-dealkylation sites (N-methyl/N-ethyl adjacent to an activating group) is 7. The number of rotatable bonds is 35. The van der Waals surface area contributed by atoms with Gasteiger partial charge in [0.25, 0.3) is 5.91 Å². The van der Waals surface area contributed by atoms with Gasteiger partial charge in [-0.2, -0.15) is 0 Å². The molecule has 2 aromatic rings. The van der Waals surface area contributed by atoms with E-state index in [0.717, 1.165) is 23.3 Å². The predicted octanol–water partition coefficient (Wildman–Crippen LogP) is 4.35. The number of para-hydroxylation sites is 1. The molecule has 542 valence electrons. The van der Waals surface area contributed by atoms with Crippen molar-refractivity contribution in [3.8, 4) is 5.75 Å². The normalized spacial score (nSPS) is 16.1. The molecule has 1 aliphatic rings. The number of Topliss-reactive ketones (excluding diaryl/α,β-unsaturated/α-hetero) is 1. The fourth-order valence-electron chi connectivity index (χ4n) is 11.5. The van der Waals surface area contributed by atoms with E-state index in [4.69, 9.17) is 22.1 Å². The third-order valence-electron chi connectivity index (χ3n) is 18.2. The summed E-state index contributed by atoms with van der Waals surface area (Å²) in [7, 11) is 9.52. The molecule has 0 unspecified atom stereocenters. The second kappa shape index (κ2) is 39.0. The monoisotopic (exact) mass is 1380 g/mol. The number of imide groups is 1. The van der Waals surface area contributed by atoms with Gasteiger partial charge in [-0.1, -0.05) is 116 Å². The third kappa shape index (κ3) is 23.8. The Bertz CT molecular complexity index is 3020. The summed E-state index contributed by atoms with van der Waals surface area (Å²) in [5.74, 6) is -8.10. The quantitative estimate of drug-likeness (QED) is 0.0641. The second-order valence-electron chi connectivity index (χ2n) is 27.3. The lowest BCUT2D eigenvalue weighted by Crippen LogP contribution is -2.63. The fraction of sp³-hybridized carbons (Fsp3) is 0.657. The number of nitrogens with one attached hydrogen (secondary N) is 3. The number of urea groups is 1. The minimum absolute atomic E-state index is 0.00865. The maximum atomic E-state index is 14.9. The molecular formula is C70H111ClN12O14. The summed E-state index contributed by atoms with van der Waals surface area (Å²) < 4.78 is 5.77. The van der Waals surface area contributed by atoms with E-state index < -0.39 is 144 Å². The number of ether oxygens (including phenoxy) is 1. The van der Waals surface area contributed by atoms with Gasteiger partial charge in [-0.15, -0.1) is 0 Å². The van der Waals surface area contributed by atoms with Crippen LogP contribution in [0.1, 0.15) is 140 Å². The van der Waals surface area contributed by atoms with Crippen molar-refractivity contribution in [2.24, 2.45) is 29.4 Å². The molecule has 1 saturated heterocycles. The van der Waals surface area contributed by atoms with Crippen molar-refractivity contribution in [1.29, 1.82) is 0 Å². The number of aliphatic hydroxyl groups is 1. The van der Waals surface area contributed by atoms with Gasteiger partial charge in [0, 0.05) is 68.8 Å². The van der Waals surface area contributed by atoms with Gasteiger partial charge in [-0.05, 0) is 108 Å². The van der Waals surface area contributed by atoms with Crippen LogP contribution in [-0.2, 0) is 59.2 Å². The Morgan fingerprint density at radius 2 is 1.09 bits per heavy atom. The Morgan fingerprint density at radius 1 is 0.567 bits per heavy atom. The van der Waals surface area contributed by atoms with E-state index in [9.17, 15) is 62.6 Å². The largest absolute Gasteiger partial charge is 0.490 e. The van der Waals surface area contributed by atoms with Crippen LogP contribution in [0.5, 0.6) is 5.75 Å². The highest BCUT2D eigenvalue weighted by Crippen LogP contribution is 2.26. The Labute approximate surface area is 579 Å². The van der Waals surface area contributed by atoms with E-state index in [1.165, 1.54) is 87.6 Å². The topological polar surface area (TPSA) is 322 Å². The molecule has 0 radical (unpaired) electrons. The number of ketones is 1. The van der Waals surface area contributed by atoms with E-state index in [2.05, 4.69) is 16.0 Å². The molecule has 0 aromatic heterocycles. The van der Waals surface area contributed by atoms with Crippen LogP contribution >= 0.6 is 11.6 Å². The number of carbonyl (C=O) groups is 12. The Kier molecular flexibility index (Phi) is 33.6. The molecule has 97 heavy (non-hydrogen) atoms. The maximum absolute atomic E-state index is 14.9. The number of hydrogen-bond acceptors (Lipinski definition) is 15. The smallest absolute Gasteiger partial charge is 0.326 e. The highest BCUT2D eigenvalue weighted by molar-refractivity contribution is 6.32. The number of benzene rings is 2. The van der Waals surface area contributed by atoms with Crippen molar-refractivity contribution >= 4 is 82.5 Å². The van der Waals surface area contributed by atoms with Gasteiger partial charge < -0.3 is 65.8 Å². The number of halogens is 1. The summed E-state index contributed by atoms with van der Waals surface area (Å²) in [5, 5.41) is 19.7. The average molecular weight is 1380 g/mol. The first-order chi connectivity index (χ1) is 45.3. The van der Waals surface area contributed by atoms with Crippen LogP contribution < -0.4 is 26.4 Å². The molecule has 3 rings (SSSR count). The lowest BCUT2D eigenvalue weighted by molar-refractivity contribution is -0.150. The highest BCUT2D eigenvalue weighted by atomic mass is 35.5. The molecule has 12 atom stereocenters. The summed E-state index contributed by atoms with van der Waals surface area (Å²) in [6.07, 6.45) is 0.669. The second-order valence-corrected chi connectivity index (χ2v) is 27.7. The summed E-state index contributed by atoms with van der Waals surface area (Å²) in [5.41, 5.74) is 7.06. The van der Waals surface area contributed by atoms with Crippen molar-refractivity contribution in [2.75, 3.05) is 69.0 Å². The van der Waals surface area contributed by atoms with Gasteiger partial charge in [0.05, 0.1) is 23.6 Å². The molecule has 27 heteroatoms. The van der Waals surface area contributed by atoms with Gasteiger partial charge >= 0.3 is 6.03 Å². The van der Waals surface area contributed by atoms with Crippen LogP contribution in [0.25, 0.3) is 0 Å². The number of likely N-dealkylation sites (tertiary alicyclic amines) is 1. The lowest BCUT2D eigenvalue weighted by atomic mass is 9.94. The van der Waals surface area contributed by atoms with E-state index >= 15 is 0 Å². The van der Waals surface area contributed by atoms with Gasteiger partial charge in [-0.25, -0.2) is 4.79 Å². The Balaban J connectivity index is 1.92. The van der Waals surface area contributed by atoms with Crippen LogP contribution in [0, 0.1) is 23.7 Å². The van der Waals surface area contributed by atoms with Gasteiger partial charge in [-0.3, -0.25) is 57.6 Å². The van der Waals surface area contributed by atoms with Crippen LogP contribution in [-0.4, -0.2) is 251 Å². The van der Waals surface area contributed by atoms with Crippen molar-refractivity contribution in [2.45, 2.75) is 207 Å². The molecule has 0 spiro atoms. The van der Waals surface area contributed by atoms with Crippen LogP contribution in [0.2, 0.25) is 5.02 Å². The first kappa shape index (κ1) is 83.5. The molecule has 2 aromatic carbocycles. The SMILES string of the molecule is CC[C@H](C)[C@@H](C(=O)N[C@H](C(=O)N(C)C(=O)N(C)[C@@H](CC(C)C)C(=O)N[C@@H](CC(=O)N(C)[C@@H](C)C(=O)N[C@@H](CC(C)C)C(=O)N(C)[C@@H](CC(C)C)C(=O)N(C)[C@@H](C)C(C)=O)C(=O)N1CCCCC1)[C@@H](C)O)N(C)C(=O)[C@H](Cc1ccccc1)N(C)C(=O)[C@@H](N)COc1ccccc1Cl. The van der Waals surface area contributed by atoms with Gasteiger partial charge in [0.2, 0.25) is 53.2 Å². The summed E-state index contributed by atoms with van der Waals surface area (Å²) in [6, 6.07) is 1.95. The number of nitrogens with two attached hydrogens (primary N) is 1. The Morgan fingerprint density at radius 3 is 1.63 bits per heavy atom. The lowest BCUT2D eigenvalue weighted by Gasteiger charge is -2.38. The molecule has 0 bridgehead atoms. The molecule has 0 aliphatic carbocycles. The number of nitrogens with zero attached hydrogens (tertiary/aromatic N) is 8. The Hall–Kier alpha value is -7.71. The highest BCUT2D eigenvalue weighted by Gasteiger charge is 2.44. The fourth-order valence-corrected chi connectivity index (χ4v) is 11.7. The molecule has 6 N–H and O–H groups in total. The predicted molar refractivity (Wildman–Crippen MR) is 370 cm³/mol. The maximum Gasteiger partial charge on any atom is 0.326 e. The van der Waals surface area contributed by atoms with Crippen molar-refractivity contribution in [3.63, 3.8) is 0 Å². The summed E-state index contributed by atoms with van der Waals surface area (Å²) >= 11 is 6.27. The molecule has 1 aliphatic heterocycles. The molecular weight excluding hydrogens is 1270 g/mol. The van der Waals surface area contributed by atoms with Gasteiger partial charge in [0.1, 0.15) is 66.7 Å². The van der Waals surface area contributed by atoms with E-state index in [0.29, 0.717) is 53.6 Å². The number of hydrogen-bond donors (Lipinski definition) is 5. The zero-order chi connectivity index (χ0) is 73.6. The third-order valence-corrected chi connectivity index (χ3v) is 18.6. The summed E-state index contributed by atoms with van der Waals surface area (Å²) in [4.78, 5) is 181. The number of carbonyl (C=O) groups excluding carboxylic acids is 12. The standard InChI is InChI=1S/C70H111ClN12O14/c1-20-44(8)60(81(18)68(94)56(38-49-29-23-21-24-30-49)78(15)64(90)51(72)40-97-57-32-26-25-31-50(57)71)63(89)75-59(48(12)85)69(95)82(19)70(96)80(17)54(36-42(4)5)62(88)74-53(66(92)83-33-27-22-28-34-83)39-58(86)76(13)46(10)61(87)73-52(35-41(2)3)65(91)79(16)55(37-43(6)7)67(93)77(14)45(9)47(11)84/h21,23-26,29-32,41-46,48,51-56,59-60,85H,20,22,27-28,33-40,72H2,1-19H3,(H,73,87)(H,74,88)(H,75,89)/t44-,45-,46-,48+,51-,52-,53-,54-,55-,56-,59-,60-/m0/s1. The molecule has 0 saturated carbocycles. The van der Waals surface area contributed by atoms with Gasteiger partial charge in [0.15, 0.2) is 5.78 Å². The first-order valence-electron chi connectivity index (χ1n) is 33.7. The van der Waals surface area contributed by atoms with E-state index in [1.54, 1.807) is 89.2 Å².